The fourth-order valence-electron chi connectivity index (χ4n) is 2.13. The Morgan fingerprint density at radius 3 is 2.86 bits per heavy atom. The summed E-state index contributed by atoms with van der Waals surface area (Å²) in [6, 6.07) is -0.597. The maximum Gasteiger partial charge on any atom is 0.421 e. The molecule has 1 aromatic heterocycles. The van der Waals surface area contributed by atoms with Crippen LogP contribution in [0.15, 0.2) is 12.5 Å². The molecule has 1 saturated heterocycles. The van der Waals surface area contributed by atoms with E-state index in [0.717, 1.165) is 12.6 Å². The molecular weight excluding hydrogens is 325 g/mol. The highest BCUT2D eigenvalue weighted by Gasteiger charge is 2.35. The molecule has 0 aliphatic carbocycles. The van der Waals surface area contributed by atoms with Gasteiger partial charge in [-0.1, -0.05) is 0 Å². The van der Waals surface area contributed by atoms with Gasteiger partial charge in [-0.2, -0.15) is 17.5 Å². The molecule has 1 N–H and O–H groups in total. The second-order valence-corrected chi connectivity index (χ2v) is 6.70. The average molecular weight is 340 g/mol. The number of rotatable bonds is 4. The van der Waals surface area contributed by atoms with Crippen LogP contribution >= 0.6 is 0 Å². The van der Waals surface area contributed by atoms with E-state index in [2.05, 4.69) is 15.3 Å². The van der Waals surface area contributed by atoms with Crippen molar-refractivity contribution in [1.29, 1.82) is 0 Å². The van der Waals surface area contributed by atoms with Crippen LogP contribution in [0.2, 0.25) is 0 Å². The van der Waals surface area contributed by atoms with Gasteiger partial charge in [0.1, 0.15) is 17.7 Å². The molecule has 0 radical (unpaired) electrons. The number of alkyl halides is 3. The van der Waals surface area contributed by atoms with E-state index in [4.69, 9.17) is 4.74 Å². The number of hydrogen-bond donors (Lipinski definition) is 1. The first kappa shape index (κ1) is 16.9. The highest BCUT2D eigenvalue weighted by atomic mass is 32.2. The highest BCUT2D eigenvalue weighted by molar-refractivity contribution is 7.88. The summed E-state index contributed by atoms with van der Waals surface area (Å²) >= 11 is 0. The van der Waals surface area contributed by atoms with Gasteiger partial charge in [-0.05, 0) is 0 Å². The zero-order chi connectivity index (χ0) is 16.4. The Labute approximate surface area is 125 Å². The van der Waals surface area contributed by atoms with Gasteiger partial charge in [0.2, 0.25) is 10.0 Å². The molecule has 1 aromatic rings. The molecule has 0 aromatic carbocycles. The van der Waals surface area contributed by atoms with Crippen molar-refractivity contribution in [1.82, 2.24) is 14.3 Å². The standard InChI is InChI=1S/C11H15F3N4O3S/c1-22(19,20)18-2-3-21-6-8(18)4-16-10-9(11(12,13)14)5-15-7-17-10/h5,7-8H,2-4,6H2,1H3,(H,15,16,17)/t8-/m1/s1. The molecule has 1 aliphatic heterocycles. The van der Waals surface area contributed by atoms with E-state index >= 15 is 0 Å². The largest absolute Gasteiger partial charge is 0.421 e. The molecule has 0 bridgehead atoms. The fraction of sp³-hybridized carbons (Fsp3) is 0.636. The minimum atomic E-state index is -4.59. The number of ether oxygens (including phenoxy) is 1. The van der Waals surface area contributed by atoms with Crippen LogP contribution in [0.4, 0.5) is 19.0 Å². The molecule has 0 unspecified atom stereocenters. The third-order valence-electron chi connectivity index (χ3n) is 3.12. The van der Waals surface area contributed by atoms with E-state index in [1.165, 1.54) is 4.31 Å². The third-order valence-corrected chi connectivity index (χ3v) is 4.45. The number of sulfonamides is 1. The van der Waals surface area contributed by atoms with E-state index in [0.29, 0.717) is 6.20 Å². The van der Waals surface area contributed by atoms with Crippen LogP contribution in [0.25, 0.3) is 0 Å². The Bertz CT molecular complexity index is 623. The third kappa shape index (κ3) is 4.05. The number of nitrogens with zero attached hydrogens (tertiary/aromatic N) is 3. The van der Waals surface area contributed by atoms with Crippen molar-refractivity contribution in [3.05, 3.63) is 18.1 Å². The van der Waals surface area contributed by atoms with Gasteiger partial charge in [0.05, 0.1) is 25.5 Å². The summed E-state index contributed by atoms with van der Waals surface area (Å²) in [7, 11) is -3.46. The molecular formula is C11H15F3N4O3S. The van der Waals surface area contributed by atoms with Crippen LogP contribution in [-0.2, 0) is 20.9 Å². The van der Waals surface area contributed by atoms with E-state index in [-0.39, 0.29) is 32.1 Å². The molecule has 22 heavy (non-hydrogen) atoms. The van der Waals surface area contributed by atoms with Crippen LogP contribution in [0.1, 0.15) is 5.56 Å². The lowest BCUT2D eigenvalue weighted by Gasteiger charge is -2.33. The number of anilines is 1. The summed E-state index contributed by atoms with van der Waals surface area (Å²) in [6.45, 7) is 0.478. The second kappa shape index (κ2) is 6.34. The Hall–Kier alpha value is -1.46. The molecule has 11 heteroatoms. The summed E-state index contributed by atoms with van der Waals surface area (Å²) in [6.07, 6.45) is -1.88. The molecule has 0 saturated carbocycles. The lowest BCUT2D eigenvalue weighted by molar-refractivity contribution is -0.137. The monoisotopic (exact) mass is 340 g/mol. The van der Waals surface area contributed by atoms with Crippen molar-refractivity contribution in [2.45, 2.75) is 12.2 Å². The first-order chi connectivity index (χ1) is 10.2. The first-order valence-corrected chi connectivity index (χ1v) is 8.20. The quantitative estimate of drug-likeness (QED) is 0.863. The molecule has 1 atom stereocenters. The van der Waals surface area contributed by atoms with Crippen molar-refractivity contribution in [2.24, 2.45) is 0 Å². The van der Waals surface area contributed by atoms with Gasteiger partial charge < -0.3 is 10.1 Å². The van der Waals surface area contributed by atoms with Crippen LogP contribution in [0.3, 0.4) is 0 Å². The first-order valence-electron chi connectivity index (χ1n) is 6.35. The molecule has 1 fully saturated rings. The van der Waals surface area contributed by atoms with E-state index in [1.807, 2.05) is 0 Å². The van der Waals surface area contributed by atoms with Gasteiger partial charge in [-0.15, -0.1) is 0 Å². The number of nitrogens with one attached hydrogen (secondary N) is 1. The molecule has 2 heterocycles. The zero-order valence-corrected chi connectivity index (χ0v) is 12.5. The van der Waals surface area contributed by atoms with Gasteiger partial charge in [-0.25, -0.2) is 18.4 Å². The minimum Gasteiger partial charge on any atom is -0.378 e. The van der Waals surface area contributed by atoms with Crippen molar-refractivity contribution in [3.8, 4) is 0 Å². The SMILES string of the molecule is CS(=O)(=O)N1CCOC[C@H]1CNc1ncncc1C(F)(F)F. The van der Waals surface area contributed by atoms with Gasteiger partial charge in [0.15, 0.2) is 0 Å². The van der Waals surface area contributed by atoms with Crippen molar-refractivity contribution >= 4 is 15.8 Å². The number of aromatic nitrogens is 2. The smallest absolute Gasteiger partial charge is 0.378 e. The predicted molar refractivity (Wildman–Crippen MR) is 71.7 cm³/mol. The van der Waals surface area contributed by atoms with Gasteiger partial charge in [0, 0.05) is 19.3 Å². The number of morpholine rings is 1. The van der Waals surface area contributed by atoms with Gasteiger partial charge >= 0.3 is 6.18 Å². The van der Waals surface area contributed by atoms with Crippen molar-refractivity contribution < 1.29 is 26.3 Å². The second-order valence-electron chi connectivity index (χ2n) is 4.77. The summed E-state index contributed by atoms with van der Waals surface area (Å²) in [5, 5.41) is 2.53. The topological polar surface area (TPSA) is 84.4 Å². The van der Waals surface area contributed by atoms with Crippen molar-refractivity contribution in [2.75, 3.05) is 37.9 Å². The maximum atomic E-state index is 12.8. The molecule has 2 rings (SSSR count). The van der Waals surface area contributed by atoms with Crippen LogP contribution < -0.4 is 5.32 Å². The highest BCUT2D eigenvalue weighted by Crippen LogP contribution is 2.32. The Morgan fingerprint density at radius 1 is 1.50 bits per heavy atom. The Morgan fingerprint density at radius 2 is 2.23 bits per heavy atom. The Kier molecular flexibility index (Phi) is 4.87. The molecule has 0 spiro atoms. The van der Waals surface area contributed by atoms with E-state index in [1.54, 1.807) is 0 Å². The summed E-state index contributed by atoms with van der Waals surface area (Å²) in [5.74, 6) is -0.387. The summed E-state index contributed by atoms with van der Waals surface area (Å²) < 4.78 is 68.2. The fourth-order valence-corrected chi connectivity index (χ4v) is 3.21. The molecule has 1 aliphatic rings. The Balaban J connectivity index is 2.12. The van der Waals surface area contributed by atoms with Crippen LogP contribution in [-0.4, -0.2) is 61.3 Å². The zero-order valence-electron chi connectivity index (χ0n) is 11.7. The molecule has 124 valence electrons. The minimum absolute atomic E-state index is 0.0484. The van der Waals surface area contributed by atoms with Gasteiger partial charge in [0.25, 0.3) is 0 Å². The van der Waals surface area contributed by atoms with E-state index in [9.17, 15) is 21.6 Å². The number of hydrogen-bond acceptors (Lipinski definition) is 6. The van der Waals surface area contributed by atoms with E-state index < -0.39 is 27.8 Å². The van der Waals surface area contributed by atoms with Crippen LogP contribution in [0.5, 0.6) is 0 Å². The lowest BCUT2D eigenvalue weighted by Crippen LogP contribution is -2.51. The van der Waals surface area contributed by atoms with Gasteiger partial charge in [-0.3, -0.25) is 0 Å². The average Bonchev–Trinajstić information content (AvgIpc) is 2.44. The molecule has 0 amide bonds. The summed E-state index contributed by atoms with van der Waals surface area (Å²) in [4.78, 5) is 6.92. The maximum absolute atomic E-state index is 12.8. The summed E-state index contributed by atoms with van der Waals surface area (Å²) in [5.41, 5.74) is -1.00. The number of halogens is 3. The molecule has 7 nitrogen and oxygen atoms in total. The predicted octanol–water partition coefficient (Wildman–Crippen LogP) is 0.568. The van der Waals surface area contributed by atoms with Crippen LogP contribution in [0, 0.1) is 0 Å². The van der Waals surface area contributed by atoms with Crippen molar-refractivity contribution in [3.63, 3.8) is 0 Å². The normalized spacial score (nSPS) is 20.8. The lowest BCUT2D eigenvalue weighted by atomic mass is 10.2.